The highest BCUT2D eigenvalue weighted by atomic mass is 32.1. The second-order valence-electron chi connectivity index (χ2n) is 6.40. The minimum atomic E-state index is -0.0343. The van der Waals surface area contributed by atoms with Crippen LogP contribution < -0.4 is 10.9 Å². The van der Waals surface area contributed by atoms with Gasteiger partial charge >= 0.3 is 0 Å². The molecule has 0 saturated heterocycles. The molecule has 25 heavy (non-hydrogen) atoms. The first-order chi connectivity index (χ1) is 12.2. The monoisotopic (exact) mass is 368 g/mol. The second-order valence-corrected chi connectivity index (χ2v) is 8.44. The lowest BCUT2D eigenvalue weighted by atomic mass is 9.97. The summed E-state index contributed by atoms with van der Waals surface area (Å²) in [4.78, 5) is 20.6. The summed E-state index contributed by atoms with van der Waals surface area (Å²) >= 11 is 3.09. The van der Waals surface area contributed by atoms with Crippen LogP contribution in [0.15, 0.2) is 29.1 Å². The number of rotatable bonds is 2. The smallest absolute Gasteiger partial charge is 0.284 e. The van der Waals surface area contributed by atoms with E-state index in [1.807, 2.05) is 25.1 Å². The molecule has 0 amide bonds. The largest absolute Gasteiger partial charge is 0.330 e. The molecule has 0 atom stereocenters. The van der Waals surface area contributed by atoms with Crippen LogP contribution in [0.3, 0.4) is 0 Å². The second kappa shape index (κ2) is 5.64. The molecule has 0 spiro atoms. The maximum Gasteiger partial charge on any atom is 0.284 e. The molecule has 0 unspecified atom stereocenters. The minimum absolute atomic E-state index is 0.0343. The van der Waals surface area contributed by atoms with Gasteiger partial charge in [-0.05, 0) is 55.9 Å². The number of nitrogens with zero attached hydrogens (tertiary/aromatic N) is 3. The molecule has 0 aliphatic heterocycles. The van der Waals surface area contributed by atoms with Crippen LogP contribution in [0.1, 0.15) is 28.8 Å². The lowest BCUT2D eigenvalue weighted by Gasteiger charge is -2.09. The zero-order valence-electron chi connectivity index (χ0n) is 13.7. The number of hydrogen-bond acceptors (Lipinski definition) is 6. The van der Waals surface area contributed by atoms with Gasteiger partial charge in [0.05, 0.1) is 5.39 Å². The molecule has 5 rings (SSSR count). The van der Waals surface area contributed by atoms with Gasteiger partial charge < -0.3 is 5.32 Å². The Kier molecular flexibility index (Phi) is 3.39. The molecule has 1 aromatic carbocycles. The van der Waals surface area contributed by atoms with Crippen molar-refractivity contribution in [3.8, 4) is 0 Å². The highest BCUT2D eigenvalue weighted by Crippen LogP contribution is 2.34. The van der Waals surface area contributed by atoms with Crippen molar-refractivity contribution < 1.29 is 0 Å². The van der Waals surface area contributed by atoms with Gasteiger partial charge in [-0.1, -0.05) is 23.5 Å². The fourth-order valence-corrected chi connectivity index (χ4v) is 5.55. The zero-order valence-corrected chi connectivity index (χ0v) is 15.3. The van der Waals surface area contributed by atoms with Crippen LogP contribution in [0.5, 0.6) is 0 Å². The van der Waals surface area contributed by atoms with Crippen LogP contribution in [0.4, 0.5) is 10.8 Å². The number of thiophene rings is 1. The number of fused-ring (bicyclic) bond motifs is 4. The Morgan fingerprint density at radius 2 is 2.08 bits per heavy atom. The van der Waals surface area contributed by atoms with Crippen LogP contribution in [0.2, 0.25) is 0 Å². The quantitative estimate of drug-likeness (QED) is 0.573. The maximum atomic E-state index is 13.0. The van der Waals surface area contributed by atoms with Gasteiger partial charge in [-0.25, -0.2) is 4.98 Å². The highest BCUT2D eigenvalue weighted by Gasteiger charge is 2.21. The van der Waals surface area contributed by atoms with Crippen LogP contribution >= 0.6 is 22.7 Å². The summed E-state index contributed by atoms with van der Waals surface area (Å²) in [6.07, 6.45) is 4.41. The average Bonchev–Trinajstić information content (AvgIpc) is 3.16. The summed E-state index contributed by atoms with van der Waals surface area (Å²) in [6, 6.07) is 8.09. The van der Waals surface area contributed by atoms with Gasteiger partial charge in [-0.15, -0.1) is 16.4 Å². The molecule has 4 aromatic rings. The Morgan fingerprint density at radius 1 is 1.20 bits per heavy atom. The SMILES string of the molecule is Cc1cccc(Nc2nn3c(=O)c4c5c(sc4nc3s2)CCCC5)c1. The summed E-state index contributed by atoms with van der Waals surface area (Å²) < 4.78 is 1.45. The van der Waals surface area contributed by atoms with E-state index in [4.69, 9.17) is 4.98 Å². The molecule has 7 heteroatoms. The van der Waals surface area contributed by atoms with Gasteiger partial charge in [0.25, 0.3) is 5.56 Å². The van der Waals surface area contributed by atoms with Gasteiger partial charge in [-0.3, -0.25) is 4.79 Å². The van der Waals surface area contributed by atoms with E-state index in [0.29, 0.717) is 10.1 Å². The van der Waals surface area contributed by atoms with Crippen molar-refractivity contribution in [2.24, 2.45) is 0 Å². The van der Waals surface area contributed by atoms with Crippen LogP contribution in [0, 0.1) is 6.92 Å². The van der Waals surface area contributed by atoms with E-state index < -0.39 is 0 Å². The highest BCUT2D eigenvalue weighted by molar-refractivity contribution is 7.21. The third-order valence-corrected chi connectivity index (χ3v) is 6.60. The summed E-state index contributed by atoms with van der Waals surface area (Å²) in [6.45, 7) is 2.05. The molecule has 0 saturated carbocycles. The Hall–Kier alpha value is -2.25. The predicted molar refractivity (Wildman–Crippen MR) is 104 cm³/mol. The molecule has 1 aliphatic rings. The summed E-state index contributed by atoms with van der Waals surface area (Å²) in [5.41, 5.74) is 3.31. The van der Waals surface area contributed by atoms with Crippen molar-refractivity contribution in [1.29, 1.82) is 0 Å². The number of benzene rings is 1. The molecular weight excluding hydrogens is 352 g/mol. The molecule has 0 fully saturated rings. The molecule has 0 radical (unpaired) electrons. The van der Waals surface area contributed by atoms with Gasteiger partial charge in [0, 0.05) is 10.6 Å². The van der Waals surface area contributed by atoms with Crippen LogP contribution in [0.25, 0.3) is 15.2 Å². The molecule has 126 valence electrons. The maximum absolute atomic E-state index is 13.0. The minimum Gasteiger partial charge on any atom is -0.330 e. The standard InChI is InChI=1S/C18H16N4OS2/c1-10-5-4-6-11(9-10)19-17-21-22-16(23)14-12-7-2-3-8-13(12)24-15(14)20-18(22)25-17/h4-6,9H,2-3,7-8H2,1H3,(H,19,21). The third kappa shape index (κ3) is 2.46. The van der Waals surface area contributed by atoms with E-state index in [1.165, 1.54) is 38.3 Å². The Bertz CT molecular complexity index is 1170. The fourth-order valence-electron chi connectivity index (χ4n) is 3.43. The Balaban J connectivity index is 1.65. The van der Waals surface area contributed by atoms with Crippen molar-refractivity contribution in [3.63, 3.8) is 0 Å². The van der Waals surface area contributed by atoms with E-state index >= 15 is 0 Å². The van der Waals surface area contributed by atoms with Gasteiger partial charge in [0.1, 0.15) is 4.83 Å². The van der Waals surface area contributed by atoms with Crippen LogP contribution in [-0.4, -0.2) is 14.6 Å². The predicted octanol–water partition coefficient (Wildman–Crippen LogP) is 4.30. The first-order valence-electron chi connectivity index (χ1n) is 8.37. The molecule has 0 bridgehead atoms. The average molecular weight is 368 g/mol. The lowest BCUT2D eigenvalue weighted by molar-refractivity contribution is 0.699. The molecule has 1 N–H and O–H groups in total. The van der Waals surface area contributed by atoms with Gasteiger partial charge in [0.2, 0.25) is 10.1 Å². The van der Waals surface area contributed by atoms with Crippen molar-refractivity contribution in [2.75, 3.05) is 5.32 Å². The summed E-state index contributed by atoms with van der Waals surface area (Å²) in [7, 11) is 0. The van der Waals surface area contributed by atoms with E-state index in [9.17, 15) is 4.79 Å². The normalized spacial score (nSPS) is 14.1. The van der Waals surface area contributed by atoms with E-state index in [0.717, 1.165) is 35.2 Å². The molecule has 3 heterocycles. The molecule has 1 aliphatic carbocycles. The third-order valence-electron chi connectivity index (χ3n) is 4.59. The van der Waals surface area contributed by atoms with E-state index in [1.54, 1.807) is 11.3 Å². The topological polar surface area (TPSA) is 59.3 Å². The van der Waals surface area contributed by atoms with Crippen molar-refractivity contribution in [3.05, 3.63) is 50.6 Å². The number of anilines is 2. The zero-order chi connectivity index (χ0) is 17.0. The summed E-state index contributed by atoms with van der Waals surface area (Å²) in [5.74, 6) is 0. The number of aromatic nitrogens is 3. The van der Waals surface area contributed by atoms with Crippen molar-refractivity contribution in [1.82, 2.24) is 14.6 Å². The Labute approximate surface area is 152 Å². The first kappa shape index (κ1) is 15.0. The summed E-state index contributed by atoms with van der Waals surface area (Å²) in [5, 5.41) is 9.22. The van der Waals surface area contributed by atoms with Gasteiger partial charge in [-0.2, -0.15) is 4.52 Å². The molecule has 5 nitrogen and oxygen atoms in total. The molecule has 3 aromatic heterocycles. The lowest BCUT2D eigenvalue weighted by Crippen LogP contribution is -2.16. The fraction of sp³-hybridized carbons (Fsp3) is 0.278. The Morgan fingerprint density at radius 3 is 2.96 bits per heavy atom. The number of hydrogen-bond donors (Lipinski definition) is 1. The van der Waals surface area contributed by atoms with Crippen molar-refractivity contribution in [2.45, 2.75) is 32.6 Å². The van der Waals surface area contributed by atoms with Gasteiger partial charge in [0.15, 0.2) is 0 Å². The van der Waals surface area contributed by atoms with Crippen LogP contribution in [-0.2, 0) is 12.8 Å². The number of nitrogens with one attached hydrogen (secondary N) is 1. The number of aryl methyl sites for hydroxylation is 3. The van der Waals surface area contributed by atoms with Crippen molar-refractivity contribution >= 4 is 48.7 Å². The molecular formula is C18H16N4OS2. The first-order valence-corrected chi connectivity index (χ1v) is 10.0. The van der Waals surface area contributed by atoms with E-state index in [-0.39, 0.29) is 5.56 Å². The van der Waals surface area contributed by atoms with E-state index in [2.05, 4.69) is 16.5 Å².